The van der Waals surface area contributed by atoms with Gasteiger partial charge in [-0.2, -0.15) is 0 Å². The van der Waals surface area contributed by atoms with Crippen LogP contribution in [0.1, 0.15) is 24.5 Å². The van der Waals surface area contributed by atoms with Crippen LogP contribution < -0.4 is 9.47 Å². The van der Waals surface area contributed by atoms with Crippen molar-refractivity contribution in [3.8, 4) is 11.5 Å². The van der Waals surface area contributed by atoms with Crippen LogP contribution in [-0.4, -0.2) is 32.0 Å². The zero-order valence-electron chi connectivity index (χ0n) is 10.0. The Hall–Kier alpha value is -1.26. The zero-order valence-corrected chi connectivity index (χ0v) is 10.0. The molecule has 0 radical (unpaired) electrons. The second-order valence-corrected chi connectivity index (χ2v) is 4.05. The summed E-state index contributed by atoms with van der Waals surface area (Å²) in [5.74, 6) is 1.47. The van der Waals surface area contributed by atoms with Gasteiger partial charge in [-0.25, -0.2) is 0 Å². The Morgan fingerprint density at radius 1 is 1.29 bits per heavy atom. The van der Waals surface area contributed by atoms with Gasteiger partial charge >= 0.3 is 0 Å². The van der Waals surface area contributed by atoms with Crippen molar-refractivity contribution >= 4 is 0 Å². The highest BCUT2D eigenvalue weighted by atomic mass is 16.5. The molecule has 4 heteroatoms. The number of hydrogen-bond donors (Lipinski definition) is 1. The van der Waals surface area contributed by atoms with E-state index in [9.17, 15) is 5.11 Å². The summed E-state index contributed by atoms with van der Waals surface area (Å²) in [6, 6.07) is 5.57. The number of aliphatic hydroxyl groups excluding tert-OH is 1. The van der Waals surface area contributed by atoms with Gasteiger partial charge in [-0.15, -0.1) is 0 Å². The largest absolute Gasteiger partial charge is 0.490 e. The van der Waals surface area contributed by atoms with Crippen LogP contribution in [0.2, 0.25) is 0 Å². The van der Waals surface area contributed by atoms with Crippen molar-refractivity contribution in [3.05, 3.63) is 23.8 Å². The number of ether oxygens (including phenoxy) is 3. The van der Waals surface area contributed by atoms with Gasteiger partial charge in [-0.3, -0.25) is 0 Å². The van der Waals surface area contributed by atoms with Gasteiger partial charge < -0.3 is 19.3 Å². The van der Waals surface area contributed by atoms with Crippen LogP contribution in [0.25, 0.3) is 0 Å². The summed E-state index contributed by atoms with van der Waals surface area (Å²) < 4.78 is 16.1. The summed E-state index contributed by atoms with van der Waals surface area (Å²) in [7, 11) is 1.63. The van der Waals surface area contributed by atoms with E-state index in [1.807, 2.05) is 18.2 Å². The van der Waals surface area contributed by atoms with E-state index in [-0.39, 0.29) is 0 Å². The molecule has 0 bridgehead atoms. The van der Waals surface area contributed by atoms with Crippen LogP contribution in [0.4, 0.5) is 0 Å². The van der Waals surface area contributed by atoms with E-state index in [0.717, 1.165) is 23.5 Å². The first kappa shape index (κ1) is 12.2. The first-order valence-electron chi connectivity index (χ1n) is 5.88. The fourth-order valence-corrected chi connectivity index (χ4v) is 1.78. The summed E-state index contributed by atoms with van der Waals surface area (Å²) in [5, 5.41) is 9.95. The van der Waals surface area contributed by atoms with Crippen LogP contribution in [0.3, 0.4) is 0 Å². The minimum atomic E-state index is -0.521. The van der Waals surface area contributed by atoms with E-state index >= 15 is 0 Å². The van der Waals surface area contributed by atoms with Gasteiger partial charge in [0.1, 0.15) is 0 Å². The molecule has 0 spiro atoms. The second kappa shape index (κ2) is 5.89. The Labute approximate surface area is 101 Å². The normalized spacial score (nSPS) is 16.4. The molecule has 1 N–H and O–H groups in total. The van der Waals surface area contributed by atoms with Crippen molar-refractivity contribution in [1.82, 2.24) is 0 Å². The molecule has 0 saturated heterocycles. The van der Waals surface area contributed by atoms with Gasteiger partial charge in [-0.05, 0) is 17.7 Å². The van der Waals surface area contributed by atoms with Gasteiger partial charge in [0.2, 0.25) is 0 Å². The maximum absolute atomic E-state index is 9.95. The molecule has 0 aromatic heterocycles. The number of rotatable bonds is 4. The van der Waals surface area contributed by atoms with Crippen molar-refractivity contribution in [2.45, 2.75) is 18.9 Å². The first-order valence-corrected chi connectivity index (χ1v) is 5.88. The Morgan fingerprint density at radius 2 is 2.06 bits per heavy atom. The smallest absolute Gasteiger partial charge is 0.161 e. The van der Waals surface area contributed by atoms with E-state index in [1.165, 1.54) is 0 Å². The maximum Gasteiger partial charge on any atom is 0.161 e. The fraction of sp³-hybridized carbons (Fsp3) is 0.538. The molecule has 1 aromatic carbocycles. The standard InChI is InChI=1S/C13H18O4/c1-15-8-5-11(14)10-3-4-12-13(9-10)17-7-2-6-16-12/h3-4,9,11,14H,2,5-8H2,1H3. The second-order valence-electron chi connectivity index (χ2n) is 4.05. The highest BCUT2D eigenvalue weighted by Crippen LogP contribution is 2.32. The minimum Gasteiger partial charge on any atom is -0.490 e. The predicted molar refractivity (Wildman–Crippen MR) is 63.5 cm³/mol. The summed E-state index contributed by atoms with van der Waals surface area (Å²) >= 11 is 0. The Balaban J connectivity index is 2.11. The van der Waals surface area contributed by atoms with E-state index in [0.29, 0.717) is 26.2 Å². The molecule has 0 saturated carbocycles. The first-order chi connectivity index (χ1) is 8.31. The van der Waals surface area contributed by atoms with Crippen LogP contribution in [0.5, 0.6) is 11.5 Å². The van der Waals surface area contributed by atoms with Crippen LogP contribution in [-0.2, 0) is 4.74 Å². The van der Waals surface area contributed by atoms with Gasteiger partial charge in [0.05, 0.1) is 19.3 Å². The summed E-state index contributed by atoms with van der Waals surface area (Å²) in [4.78, 5) is 0. The quantitative estimate of drug-likeness (QED) is 0.870. The lowest BCUT2D eigenvalue weighted by Crippen LogP contribution is -2.02. The van der Waals surface area contributed by atoms with Gasteiger partial charge in [0, 0.05) is 26.6 Å². The van der Waals surface area contributed by atoms with Crippen LogP contribution >= 0.6 is 0 Å². The van der Waals surface area contributed by atoms with E-state index in [4.69, 9.17) is 14.2 Å². The molecule has 1 aromatic rings. The number of fused-ring (bicyclic) bond motifs is 1. The number of hydrogen-bond acceptors (Lipinski definition) is 4. The molecule has 1 aliphatic heterocycles. The molecule has 1 aliphatic rings. The molecule has 1 atom stereocenters. The highest BCUT2D eigenvalue weighted by molar-refractivity contribution is 5.44. The minimum absolute atomic E-state index is 0.521. The van der Waals surface area contributed by atoms with Crippen molar-refractivity contribution in [3.63, 3.8) is 0 Å². The average Bonchev–Trinajstić information content (AvgIpc) is 2.60. The Bertz CT molecular complexity index is 364. The molecule has 0 amide bonds. The SMILES string of the molecule is COCCC(O)c1ccc2c(c1)OCCCO2. The molecular weight excluding hydrogens is 220 g/mol. The van der Waals surface area contributed by atoms with Crippen LogP contribution in [0.15, 0.2) is 18.2 Å². The lowest BCUT2D eigenvalue weighted by molar-refractivity contribution is 0.110. The molecule has 17 heavy (non-hydrogen) atoms. The molecule has 1 unspecified atom stereocenters. The molecule has 94 valence electrons. The zero-order chi connectivity index (χ0) is 12.1. The lowest BCUT2D eigenvalue weighted by Gasteiger charge is -2.13. The third-order valence-electron chi connectivity index (χ3n) is 2.75. The number of benzene rings is 1. The molecule has 0 fully saturated rings. The van der Waals surface area contributed by atoms with Gasteiger partial charge in [0.15, 0.2) is 11.5 Å². The number of aliphatic hydroxyl groups is 1. The maximum atomic E-state index is 9.95. The number of methoxy groups -OCH3 is 1. The third-order valence-corrected chi connectivity index (χ3v) is 2.75. The third kappa shape index (κ3) is 3.11. The van der Waals surface area contributed by atoms with Crippen molar-refractivity contribution in [2.24, 2.45) is 0 Å². The van der Waals surface area contributed by atoms with Crippen molar-refractivity contribution in [1.29, 1.82) is 0 Å². The van der Waals surface area contributed by atoms with Crippen molar-refractivity contribution < 1.29 is 19.3 Å². The summed E-state index contributed by atoms with van der Waals surface area (Å²) in [6.07, 6.45) is 0.943. The molecular formula is C13H18O4. The summed E-state index contributed by atoms with van der Waals surface area (Å²) in [6.45, 7) is 1.87. The summed E-state index contributed by atoms with van der Waals surface area (Å²) in [5.41, 5.74) is 0.839. The highest BCUT2D eigenvalue weighted by Gasteiger charge is 2.14. The molecule has 1 heterocycles. The molecule has 4 nitrogen and oxygen atoms in total. The monoisotopic (exact) mass is 238 g/mol. The Morgan fingerprint density at radius 3 is 2.82 bits per heavy atom. The van der Waals surface area contributed by atoms with Crippen molar-refractivity contribution in [2.75, 3.05) is 26.9 Å². The fourth-order valence-electron chi connectivity index (χ4n) is 1.78. The molecule has 2 rings (SSSR count). The van der Waals surface area contributed by atoms with Gasteiger partial charge in [-0.1, -0.05) is 6.07 Å². The van der Waals surface area contributed by atoms with Gasteiger partial charge in [0.25, 0.3) is 0 Å². The van der Waals surface area contributed by atoms with E-state index < -0.39 is 6.10 Å². The lowest BCUT2D eigenvalue weighted by atomic mass is 10.1. The predicted octanol–water partition coefficient (Wildman–Crippen LogP) is 1.92. The van der Waals surface area contributed by atoms with E-state index in [2.05, 4.69) is 0 Å². The topological polar surface area (TPSA) is 47.9 Å². The molecule has 0 aliphatic carbocycles. The Kier molecular flexibility index (Phi) is 4.23. The average molecular weight is 238 g/mol. The van der Waals surface area contributed by atoms with Crippen LogP contribution in [0, 0.1) is 0 Å². The van der Waals surface area contributed by atoms with E-state index in [1.54, 1.807) is 7.11 Å².